The molecule has 2 aromatic carbocycles. The molecule has 0 bridgehead atoms. The van der Waals surface area contributed by atoms with Crippen LogP contribution in [-0.4, -0.2) is 34.9 Å². The SMILES string of the molecule is O=C(NCCNC(=O)c1cc([N+](=O)[O-])cc([N+](=O)[O-])c1)OCc1ccccc1. The van der Waals surface area contributed by atoms with Crippen LogP contribution < -0.4 is 10.6 Å². The number of carbonyl (C=O) groups is 2. The van der Waals surface area contributed by atoms with Crippen molar-refractivity contribution in [1.29, 1.82) is 0 Å². The summed E-state index contributed by atoms with van der Waals surface area (Å²) in [5.74, 6) is -0.744. The molecule has 2 N–H and O–H groups in total. The highest BCUT2D eigenvalue weighted by Gasteiger charge is 2.19. The van der Waals surface area contributed by atoms with E-state index in [1.54, 1.807) is 12.1 Å². The van der Waals surface area contributed by atoms with Gasteiger partial charge in [0, 0.05) is 25.2 Å². The third-order valence-corrected chi connectivity index (χ3v) is 3.48. The zero-order valence-corrected chi connectivity index (χ0v) is 14.5. The minimum atomic E-state index is -0.825. The van der Waals surface area contributed by atoms with Gasteiger partial charge in [0.1, 0.15) is 6.61 Å². The highest BCUT2D eigenvalue weighted by atomic mass is 16.6. The Kier molecular flexibility index (Phi) is 6.97. The predicted molar refractivity (Wildman–Crippen MR) is 96.7 cm³/mol. The van der Waals surface area contributed by atoms with Crippen molar-refractivity contribution in [2.45, 2.75) is 6.61 Å². The number of alkyl carbamates (subject to hydrolysis) is 1. The summed E-state index contributed by atoms with van der Waals surface area (Å²) >= 11 is 0. The van der Waals surface area contributed by atoms with Gasteiger partial charge in [-0.25, -0.2) is 4.79 Å². The lowest BCUT2D eigenvalue weighted by Gasteiger charge is -2.08. The molecule has 0 heterocycles. The molecule has 0 radical (unpaired) electrons. The van der Waals surface area contributed by atoms with E-state index in [9.17, 15) is 29.8 Å². The van der Waals surface area contributed by atoms with Gasteiger partial charge in [0.2, 0.25) is 0 Å². The number of benzene rings is 2. The first kappa shape index (κ1) is 20.3. The first-order chi connectivity index (χ1) is 13.4. The summed E-state index contributed by atoms with van der Waals surface area (Å²) in [7, 11) is 0. The molecular weight excluding hydrogens is 372 g/mol. The quantitative estimate of drug-likeness (QED) is 0.399. The Hall–Kier alpha value is -4.02. The van der Waals surface area contributed by atoms with Crippen LogP contribution in [0.15, 0.2) is 48.5 Å². The minimum absolute atomic E-state index is 0.00421. The molecule has 0 aliphatic heterocycles. The molecule has 11 heteroatoms. The molecule has 0 unspecified atom stereocenters. The summed E-state index contributed by atoms with van der Waals surface area (Å²) in [6.45, 7) is 0.128. The highest BCUT2D eigenvalue weighted by molar-refractivity contribution is 5.95. The molecule has 0 fully saturated rings. The summed E-state index contributed by atoms with van der Waals surface area (Å²) in [4.78, 5) is 43.7. The van der Waals surface area contributed by atoms with Crippen LogP contribution in [0.5, 0.6) is 0 Å². The summed E-state index contributed by atoms with van der Waals surface area (Å²) in [5.41, 5.74) is -0.547. The monoisotopic (exact) mass is 388 g/mol. The average Bonchev–Trinajstić information content (AvgIpc) is 2.69. The van der Waals surface area contributed by atoms with Gasteiger partial charge in [-0.2, -0.15) is 0 Å². The van der Waals surface area contributed by atoms with E-state index in [1.165, 1.54) is 0 Å². The number of rotatable bonds is 8. The maximum Gasteiger partial charge on any atom is 0.407 e. The van der Waals surface area contributed by atoms with Gasteiger partial charge in [-0.3, -0.25) is 25.0 Å². The van der Waals surface area contributed by atoms with Crippen molar-refractivity contribution >= 4 is 23.4 Å². The zero-order chi connectivity index (χ0) is 20.5. The molecule has 0 saturated carbocycles. The third kappa shape index (κ3) is 6.05. The second-order valence-electron chi connectivity index (χ2n) is 5.50. The zero-order valence-electron chi connectivity index (χ0n) is 14.5. The molecule has 0 saturated heterocycles. The van der Waals surface area contributed by atoms with Gasteiger partial charge >= 0.3 is 6.09 Å². The van der Waals surface area contributed by atoms with Crippen molar-refractivity contribution in [1.82, 2.24) is 10.6 Å². The minimum Gasteiger partial charge on any atom is -0.445 e. The molecule has 2 amide bonds. The van der Waals surface area contributed by atoms with Crippen LogP contribution in [0.25, 0.3) is 0 Å². The standard InChI is InChI=1S/C17H16N4O7/c22-16(13-8-14(20(24)25)10-15(9-13)21(26)27)18-6-7-19-17(23)28-11-12-4-2-1-3-5-12/h1-5,8-10H,6-7,11H2,(H,18,22)(H,19,23). The second-order valence-corrected chi connectivity index (χ2v) is 5.50. The smallest absolute Gasteiger partial charge is 0.407 e. The molecule has 28 heavy (non-hydrogen) atoms. The average molecular weight is 388 g/mol. The van der Waals surface area contributed by atoms with Crippen LogP contribution in [0.1, 0.15) is 15.9 Å². The van der Waals surface area contributed by atoms with Gasteiger partial charge in [-0.15, -0.1) is 0 Å². The Morgan fingerprint density at radius 3 is 2.04 bits per heavy atom. The third-order valence-electron chi connectivity index (χ3n) is 3.48. The molecule has 0 atom stereocenters. The summed E-state index contributed by atoms with van der Waals surface area (Å²) in [6.07, 6.45) is -0.677. The molecule has 0 aliphatic rings. The summed E-state index contributed by atoms with van der Waals surface area (Å²) in [6, 6.07) is 11.7. The van der Waals surface area contributed by atoms with E-state index in [0.29, 0.717) is 0 Å². The number of ether oxygens (including phenoxy) is 1. The predicted octanol–water partition coefficient (Wildman–Crippen LogP) is 2.16. The van der Waals surface area contributed by atoms with Gasteiger partial charge in [-0.05, 0) is 5.56 Å². The molecule has 2 aromatic rings. The van der Waals surface area contributed by atoms with Crippen molar-refractivity contribution < 1.29 is 24.2 Å². The lowest BCUT2D eigenvalue weighted by Crippen LogP contribution is -2.35. The maximum atomic E-state index is 12.0. The van der Waals surface area contributed by atoms with Gasteiger partial charge in [0.15, 0.2) is 0 Å². The van der Waals surface area contributed by atoms with Crippen molar-refractivity contribution in [3.63, 3.8) is 0 Å². The molecule has 146 valence electrons. The summed E-state index contributed by atoms with van der Waals surface area (Å²) < 4.78 is 4.99. The number of amides is 2. The van der Waals surface area contributed by atoms with E-state index in [1.807, 2.05) is 18.2 Å². The van der Waals surface area contributed by atoms with E-state index in [2.05, 4.69) is 10.6 Å². The van der Waals surface area contributed by atoms with Crippen LogP contribution in [0, 0.1) is 20.2 Å². The largest absolute Gasteiger partial charge is 0.445 e. The number of nitro groups is 2. The van der Waals surface area contributed by atoms with Crippen LogP contribution in [0.4, 0.5) is 16.2 Å². The Bertz CT molecular complexity index is 854. The van der Waals surface area contributed by atoms with E-state index in [4.69, 9.17) is 4.74 Å². The van der Waals surface area contributed by atoms with Crippen molar-refractivity contribution in [3.05, 3.63) is 79.9 Å². The lowest BCUT2D eigenvalue weighted by molar-refractivity contribution is -0.394. The van der Waals surface area contributed by atoms with E-state index < -0.39 is 33.2 Å². The first-order valence-electron chi connectivity index (χ1n) is 8.03. The lowest BCUT2D eigenvalue weighted by atomic mass is 10.1. The first-order valence-corrected chi connectivity index (χ1v) is 8.03. The number of hydrogen-bond donors (Lipinski definition) is 2. The van der Waals surface area contributed by atoms with Crippen molar-refractivity contribution in [2.75, 3.05) is 13.1 Å². The van der Waals surface area contributed by atoms with Crippen molar-refractivity contribution in [2.24, 2.45) is 0 Å². The number of nitro benzene ring substituents is 2. The van der Waals surface area contributed by atoms with E-state index >= 15 is 0 Å². The Morgan fingerprint density at radius 2 is 1.46 bits per heavy atom. The second kappa shape index (κ2) is 9.62. The van der Waals surface area contributed by atoms with Gasteiger partial charge in [0.25, 0.3) is 17.3 Å². The van der Waals surface area contributed by atoms with Crippen LogP contribution in [0.3, 0.4) is 0 Å². The summed E-state index contributed by atoms with van der Waals surface area (Å²) in [5, 5.41) is 26.5. The van der Waals surface area contributed by atoms with E-state index in [0.717, 1.165) is 23.8 Å². The van der Waals surface area contributed by atoms with Gasteiger partial charge in [0.05, 0.1) is 21.5 Å². The number of nitrogens with zero attached hydrogens (tertiary/aromatic N) is 2. The number of non-ortho nitro benzene ring substituents is 2. The molecule has 0 spiro atoms. The molecule has 0 aromatic heterocycles. The number of nitrogens with one attached hydrogen (secondary N) is 2. The Morgan fingerprint density at radius 1 is 0.893 bits per heavy atom. The van der Waals surface area contributed by atoms with Crippen molar-refractivity contribution in [3.8, 4) is 0 Å². The fourth-order valence-corrected chi connectivity index (χ4v) is 2.15. The van der Waals surface area contributed by atoms with E-state index in [-0.39, 0.29) is 25.3 Å². The van der Waals surface area contributed by atoms with Gasteiger partial charge < -0.3 is 15.4 Å². The highest BCUT2D eigenvalue weighted by Crippen LogP contribution is 2.22. The molecule has 0 aliphatic carbocycles. The molecular formula is C17H16N4O7. The fraction of sp³-hybridized carbons (Fsp3) is 0.176. The number of carbonyl (C=O) groups excluding carboxylic acids is 2. The Balaban J connectivity index is 1.81. The van der Waals surface area contributed by atoms with Crippen LogP contribution >= 0.6 is 0 Å². The normalized spacial score (nSPS) is 10.0. The Labute approximate surface area is 158 Å². The fourth-order valence-electron chi connectivity index (χ4n) is 2.15. The van der Waals surface area contributed by atoms with Crippen LogP contribution in [0.2, 0.25) is 0 Å². The van der Waals surface area contributed by atoms with Crippen LogP contribution in [-0.2, 0) is 11.3 Å². The number of hydrogen-bond acceptors (Lipinski definition) is 7. The topological polar surface area (TPSA) is 154 Å². The van der Waals surface area contributed by atoms with Gasteiger partial charge in [-0.1, -0.05) is 30.3 Å². The molecule has 11 nitrogen and oxygen atoms in total. The maximum absolute atomic E-state index is 12.0. The molecule has 2 rings (SSSR count).